The smallest absolute Gasteiger partial charge is 0.289 e. The quantitative estimate of drug-likeness (QED) is 0.441. The van der Waals surface area contributed by atoms with Gasteiger partial charge in [-0.1, -0.05) is 41.4 Å². The van der Waals surface area contributed by atoms with Crippen LogP contribution in [-0.2, 0) is 27.2 Å². The molecule has 0 atom stereocenters. The number of aryl methyl sites for hydroxylation is 2. The number of carbonyl (C=O) groups excluding carboxylic acids is 3. The standard InChI is InChI=1S/C25H25Cl2FN2O4/c26-21-11-8-17(13-22(21)27)4-2-12-29-24(33)20-15-30(25(34)23(20)32)14-19(31)5-1-3-16-6-9-18(28)10-7-16/h6-11,13,32H,1-5,12,14-15H2,(H,29,33). The molecule has 0 fully saturated rings. The zero-order valence-corrected chi connectivity index (χ0v) is 20.0. The molecule has 0 spiro atoms. The van der Waals surface area contributed by atoms with Crippen molar-refractivity contribution in [2.45, 2.75) is 32.1 Å². The van der Waals surface area contributed by atoms with E-state index in [1.165, 1.54) is 17.0 Å². The molecule has 2 amide bonds. The summed E-state index contributed by atoms with van der Waals surface area (Å²) < 4.78 is 13.0. The lowest BCUT2D eigenvalue weighted by molar-refractivity contribution is -0.132. The van der Waals surface area contributed by atoms with E-state index >= 15 is 0 Å². The fraction of sp³-hybridized carbons (Fsp3) is 0.320. The molecule has 180 valence electrons. The van der Waals surface area contributed by atoms with E-state index in [9.17, 15) is 23.9 Å². The Kier molecular flexibility index (Phi) is 9.07. The number of ketones is 1. The zero-order valence-electron chi connectivity index (χ0n) is 18.5. The second-order valence-corrected chi connectivity index (χ2v) is 8.93. The maximum Gasteiger partial charge on any atom is 0.289 e. The first kappa shape index (κ1) is 25.7. The maximum absolute atomic E-state index is 13.0. The normalized spacial score (nSPS) is 13.5. The zero-order chi connectivity index (χ0) is 24.7. The van der Waals surface area contributed by atoms with Crippen LogP contribution < -0.4 is 5.32 Å². The molecular weight excluding hydrogens is 482 g/mol. The van der Waals surface area contributed by atoms with Crippen LogP contribution in [0.5, 0.6) is 0 Å². The monoisotopic (exact) mass is 506 g/mol. The van der Waals surface area contributed by atoms with Crippen molar-refractivity contribution in [3.8, 4) is 0 Å². The van der Waals surface area contributed by atoms with E-state index in [0.717, 1.165) is 11.1 Å². The number of halogens is 3. The molecule has 1 aliphatic rings. The van der Waals surface area contributed by atoms with Gasteiger partial charge in [0.25, 0.3) is 11.8 Å². The summed E-state index contributed by atoms with van der Waals surface area (Å²) in [5.74, 6) is -2.38. The van der Waals surface area contributed by atoms with Crippen molar-refractivity contribution in [3.05, 3.63) is 80.8 Å². The fourth-order valence-corrected chi connectivity index (χ4v) is 3.97. The number of hydrogen-bond donors (Lipinski definition) is 2. The number of rotatable bonds is 11. The van der Waals surface area contributed by atoms with Gasteiger partial charge in [0, 0.05) is 13.0 Å². The lowest BCUT2D eigenvalue weighted by Gasteiger charge is -2.15. The van der Waals surface area contributed by atoms with Crippen LogP contribution in [0.2, 0.25) is 10.0 Å². The molecule has 1 heterocycles. The van der Waals surface area contributed by atoms with Crippen LogP contribution >= 0.6 is 23.2 Å². The van der Waals surface area contributed by atoms with Crippen molar-refractivity contribution >= 4 is 40.8 Å². The van der Waals surface area contributed by atoms with Crippen molar-refractivity contribution < 1.29 is 23.9 Å². The van der Waals surface area contributed by atoms with Crippen LogP contribution in [0, 0.1) is 5.82 Å². The summed E-state index contributed by atoms with van der Waals surface area (Å²) >= 11 is 11.9. The fourth-order valence-electron chi connectivity index (χ4n) is 3.65. The van der Waals surface area contributed by atoms with Gasteiger partial charge in [-0.05, 0) is 61.1 Å². The molecule has 0 bridgehead atoms. The predicted octanol–water partition coefficient (Wildman–Crippen LogP) is 4.43. The molecule has 2 N–H and O–H groups in total. The van der Waals surface area contributed by atoms with Gasteiger partial charge in [-0.3, -0.25) is 14.4 Å². The lowest BCUT2D eigenvalue weighted by Crippen LogP contribution is -2.34. The summed E-state index contributed by atoms with van der Waals surface area (Å²) in [6, 6.07) is 11.4. The number of carbonyl (C=O) groups is 3. The third-order valence-corrected chi connectivity index (χ3v) is 6.25. The predicted molar refractivity (Wildman–Crippen MR) is 128 cm³/mol. The highest BCUT2D eigenvalue weighted by atomic mass is 35.5. The summed E-state index contributed by atoms with van der Waals surface area (Å²) in [6.07, 6.45) is 2.69. The third kappa shape index (κ3) is 7.05. The first-order chi connectivity index (χ1) is 16.2. The summed E-state index contributed by atoms with van der Waals surface area (Å²) in [5.41, 5.74) is 1.85. The van der Waals surface area contributed by atoms with Crippen molar-refractivity contribution in [3.63, 3.8) is 0 Å². The molecule has 2 aromatic carbocycles. The molecular formula is C25H25Cl2FN2O4. The Hall–Kier alpha value is -2.90. The number of nitrogens with zero attached hydrogens (tertiary/aromatic N) is 1. The van der Waals surface area contributed by atoms with Gasteiger partial charge in [0.15, 0.2) is 11.5 Å². The lowest BCUT2D eigenvalue weighted by atomic mass is 10.1. The number of aliphatic hydroxyl groups is 1. The minimum atomic E-state index is -0.729. The number of amides is 2. The second-order valence-electron chi connectivity index (χ2n) is 8.11. The summed E-state index contributed by atoms with van der Waals surface area (Å²) in [7, 11) is 0. The molecule has 3 rings (SSSR count). The van der Waals surface area contributed by atoms with Gasteiger partial charge in [0.2, 0.25) is 0 Å². The third-order valence-electron chi connectivity index (χ3n) is 5.51. The highest BCUT2D eigenvalue weighted by Gasteiger charge is 2.34. The molecule has 0 aliphatic carbocycles. The number of nitrogens with one attached hydrogen (secondary N) is 1. The minimum absolute atomic E-state index is 0.0429. The van der Waals surface area contributed by atoms with Gasteiger partial charge >= 0.3 is 0 Å². The molecule has 34 heavy (non-hydrogen) atoms. The number of benzene rings is 2. The number of Topliss-reactive ketones (excluding diaryl/α,β-unsaturated/α-hetero) is 1. The highest BCUT2D eigenvalue weighted by molar-refractivity contribution is 6.42. The first-order valence-electron chi connectivity index (χ1n) is 10.9. The van der Waals surface area contributed by atoms with E-state index in [2.05, 4.69) is 5.32 Å². The molecule has 1 aliphatic heterocycles. The van der Waals surface area contributed by atoms with Crippen LogP contribution in [0.25, 0.3) is 0 Å². The average Bonchev–Trinajstić information content (AvgIpc) is 3.08. The van der Waals surface area contributed by atoms with Gasteiger partial charge in [0.1, 0.15) is 5.82 Å². The largest absolute Gasteiger partial charge is 0.503 e. The van der Waals surface area contributed by atoms with E-state index in [-0.39, 0.29) is 36.7 Å². The highest BCUT2D eigenvalue weighted by Crippen LogP contribution is 2.23. The van der Waals surface area contributed by atoms with Crippen molar-refractivity contribution in [2.75, 3.05) is 19.6 Å². The maximum atomic E-state index is 13.0. The Labute approximate surface area is 207 Å². The Morgan fingerprint density at radius 2 is 1.68 bits per heavy atom. The molecule has 0 saturated carbocycles. The minimum Gasteiger partial charge on any atom is -0.503 e. The van der Waals surface area contributed by atoms with Crippen LogP contribution in [0.3, 0.4) is 0 Å². The average molecular weight is 507 g/mol. The van der Waals surface area contributed by atoms with Crippen LogP contribution in [-0.4, -0.2) is 47.2 Å². The molecule has 6 nitrogen and oxygen atoms in total. The molecule has 0 saturated heterocycles. The van der Waals surface area contributed by atoms with Crippen molar-refractivity contribution in [1.29, 1.82) is 0 Å². The first-order valence-corrected chi connectivity index (χ1v) is 11.7. The van der Waals surface area contributed by atoms with Crippen molar-refractivity contribution in [1.82, 2.24) is 10.2 Å². The van der Waals surface area contributed by atoms with E-state index in [4.69, 9.17) is 23.2 Å². The number of aliphatic hydroxyl groups excluding tert-OH is 1. The summed E-state index contributed by atoms with van der Waals surface area (Å²) in [6.45, 7) is 0.0414. The SMILES string of the molecule is O=C(CCCc1ccc(F)cc1)CN1CC(C(=O)NCCCc2ccc(Cl)c(Cl)c2)=C(O)C1=O. The molecule has 9 heteroatoms. The van der Waals surface area contributed by atoms with Gasteiger partial charge in [-0.15, -0.1) is 0 Å². The Bertz CT molecular complexity index is 1100. The summed E-state index contributed by atoms with van der Waals surface area (Å²) in [5, 5.41) is 13.7. The Morgan fingerprint density at radius 3 is 2.38 bits per heavy atom. The van der Waals surface area contributed by atoms with Gasteiger partial charge in [-0.2, -0.15) is 0 Å². The van der Waals surface area contributed by atoms with Crippen molar-refractivity contribution in [2.24, 2.45) is 0 Å². The molecule has 0 aromatic heterocycles. The summed E-state index contributed by atoms with van der Waals surface area (Å²) in [4.78, 5) is 38.2. The van der Waals surface area contributed by atoms with E-state index in [1.54, 1.807) is 24.3 Å². The van der Waals surface area contributed by atoms with Gasteiger partial charge in [0.05, 0.1) is 28.7 Å². The van der Waals surface area contributed by atoms with Crippen LogP contribution in [0.4, 0.5) is 4.39 Å². The van der Waals surface area contributed by atoms with Gasteiger partial charge < -0.3 is 15.3 Å². The van der Waals surface area contributed by atoms with Gasteiger partial charge in [-0.25, -0.2) is 4.39 Å². The van der Waals surface area contributed by atoms with E-state index in [1.807, 2.05) is 6.07 Å². The number of hydrogen-bond acceptors (Lipinski definition) is 4. The molecule has 0 radical (unpaired) electrons. The second kappa shape index (κ2) is 12.0. The molecule has 2 aromatic rings. The molecule has 0 unspecified atom stereocenters. The van der Waals surface area contributed by atoms with Crippen LogP contribution in [0.1, 0.15) is 30.4 Å². The van der Waals surface area contributed by atoms with E-state index < -0.39 is 17.6 Å². The Balaban J connectivity index is 1.40. The topological polar surface area (TPSA) is 86.7 Å². The Morgan fingerprint density at radius 1 is 1.00 bits per heavy atom. The van der Waals surface area contributed by atoms with E-state index in [0.29, 0.717) is 42.3 Å². The van der Waals surface area contributed by atoms with Crippen LogP contribution in [0.15, 0.2) is 53.8 Å².